The first-order valence-electron chi connectivity index (χ1n) is 4.94. The Morgan fingerprint density at radius 1 is 0.923 bits per heavy atom. The number of hydrogen-bond acceptors (Lipinski definition) is 0. The van der Waals surface area contributed by atoms with Gasteiger partial charge in [0, 0.05) is 0 Å². The zero-order chi connectivity index (χ0) is 8.67. The van der Waals surface area contributed by atoms with E-state index in [2.05, 4.69) is 43.0 Å². The standard InChI is InChI=1S/C12H8.Ba.H/c1-2-10-7-5-8-11-6-3-4-9-12(10)11;;/h1-8H;;. The van der Waals surface area contributed by atoms with Crippen molar-refractivity contribution in [3.05, 3.63) is 42.5 Å². The van der Waals surface area contributed by atoms with Gasteiger partial charge in [-0.15, -0.1) is 0 Å². The Balaban J connectivity index is 2.56. The molecule has 0 nitrogen and oxygen atoms in total. The molecule has 13 heavy (non-hydrogen) atoms. The van der Waals surface area contributed by atoms with Crippen molar-refractivity contribution in [2.45, 2.75) is 0 Å². The predicted octanol–water partition coefficient (Wildman–Crippen LogP) is 1.89. The zero-order valence-electron chi connectivity index (χ0n) is 7.62. The number of rotatable bonds is 0. The molecule has 1 aliphatic rings. The predicted molar refractivity (Wildman–Crippen MR) is 59.8 cm³/mol. The van der Waals surface area contributed by atoms with E-state index in [1.807, 2.05) is 0 Å². The Morgan fingerprint density at radius 2 is 1.77 bits per heavy atom. The van der Waals surface area contributed by atoms with Crippen LogP contribution in [0.5, 0.6) is 0 Å². The summed E-state index contributed by atoms with van der Waals surface area (Å²) < 4.78 is 4.16. The van der Waals surface area contributed by atoms with Gasteiger partial charge in [-0.3, -0.25) is 0 Å². The summed E-state index contributed by atoms with van der Waals surface area (Å²) in [5.74, 6) is 0. The van der Waals surface area contributed by atoms with Crippen LogP contribution in [-0.2, 0) is 0 Å². The van der Waals surface area contributed by atoms with E-state index < -0.39 is 44.2 Å². The second-order valence-corrected chi connectivity index (χ2v) is 11.1. The van der Waals surface area contributed by atoms with Crippen molar-refractivity contribution in [1.82, 2.24) is 0 Å². The molecule has 0 fully saturated rings. The van der Waals surface area contributed by atoms with Gasteiger partial charge in [0.25, 0.3) is 0 Å². The van der Waals surface area contributed by atoms with Crippen LogP contribution in [0.3, 0.4) is 0 Å². The van der Waals surface area contributed by atoms with Gasteiger partial charge in [-0.2, -0.15) is 0 Å². The van der Waals surface area contributed by atoms with Crippen LogP contribution in [0, 0.1) is 0 Å². The van der Waals surface area contributed by atoms with E-state index in [9.17, 15) is 0 Å². The van der Waals surface area contributed by atoms with Crippen LogP contribution in [-0.4, -0.2) is 44.2 Å². The molecule has 2 aromatic rings. The van der Waals surface area contributed by atoms with Crippen molar-refractivity contribution in [2.24, 2.45) is 0 Å². The van der Waals surface area contributed by atoms with E-state index in [-0.39, 0.29) is 0 Å². The van der Waals surface area contributed by atoms with Crippen molar-refractivity contribution >= 4 is 61.1 Å². The van der Waals surface area contributed by atoms with E-state index in [4.69, 9.17) is 0 Å². The van der Waals surface area contributed by atoms with Crippen molar-refractivity contribution in [3.63, 3.8) is 0 Å². The summed E-state index contributed by atoms with van der Waals surface area (Å²) in [5.41, 5.74) is 1.42. The Labute approximate surface area is 102 Å². The molecule has 59 valence electrons. The molecule has 0 aromatic heterocycles. The Kier molecular flexibility index (Phi) is 2.11. The van der Waals surface area contributed by atoms with Crippen molar-refractivity contribution in [1.29, 1.82) is 0 Å². The average Bonchev–Trinajstić information content (AvgIpc) is 2.19. The summed E-state index contributed by atoms with van der Waals surface area (Å²) >= 11 is -0.970. The van der Waals surface area contributed by atoms with E-state index in [0.29, 0.717) is 0 Å². The fourth-order valence-corrected chi connectivity index (χ4v) is 9.09. The molecule has 2 aromatic carbocycles. The molecular weight excluding hydrogens is 281 g/mol. The SMILES string of the molecule is [CH]1=Cc2cccc3ccc[c](c23)[BaH]1. The summed E-state index contributed by atoms with van der Waals surface area (Å²) in [6.07, 6.45) is 2.32. The fourth-order valence-electron chi connectivity index (χ4n) is 2.38. The molecule has 0 atom stereocenters. The van der Waals surface area contributed by atoms with Gasteiger partial charge in [-0.25, -0.2) is 0 Å². The molecule has 0 saturated heterocycles. The van der Waals surface area contributed by atoms with E-state index in [0.717, 1.165) is 0 Å². The number of benzene rings is 2. The van der Waals surface area contributed by atoms with Gasteiger partial charge in [0.2, 0.25) is 0 Å². The van der Waals surface area contributed by atoms with Crippen molar-refractivity contribution in [2.75, 3.05) is 0 Å². The fraction of sp³-hybridized carbons (Fsp3) is 0. The number of hydrogen-bond donors (Lipinski definition) is 0. The monoisotopic (exact) mass is 291 g/mol. The van der Waals surface area contributed by atoms with Crippen LogP contribution in [0.2, 0.25) is 0 Å². The summed E-state index contributed by atoms with van der Waals surface area (Å²) in [5, 5.41) is 2.96. The molecule has 0 amide bonds. The molecule has 0 saturated carbocycles. The molecular formula is C12H9Ba. The van der Waals surface area contributed by atoms with Crippen LogP contribution in [0.15, 0.2) is 36.9 Å². The van der Waals surface area contributed by atoms with Crippen LogP contribution in [0.1, 0.15) is 5.56 Å². The second-order valence-electron chi connectivity index (χ2n) is 3.81. The van der Waals surface area contributed by atoms with E-state index in [1.165, 1.54) is 10.9 Å². The van der Waals surface area contributed by atoms with Crippen LogP contribution < -0.4 is 0.0314 Å². The molecule has 0 bridgehead atoms. The van der Waals surface area contributed by atoms with Gasteiger partial charge in [-0.1, -0.05) is 0 Å². The van der Waals surface area contributed by atoms with Gasteiger partial charge in [-0.05, 0) is 0 Å². The molecule has 3 radical (unpaired) electrons. The molecule has 3 rings (SSSR count). The topological polar surface area (TPSA) is 0 Å². The van der Waals surface area contributed by atoms with Gasteiger partial charge in [0.15, 0.2) is 0 Å². The summed E-state index contributed by atoms with van der Waals surface area (Å²) in [6, 6.07) is 13.3. The van der Waals surface area contributed by atoms with Gasteiger partial charge in [0.1, 0.15) is 0 Å². The van der Waals surface area contributed by atoms with Crippen LogP contribution in [0.25, 0.3) is 16.8 Å². The third-order valence-corrected chi connectivity index (χ3v) is 9.63. The molecule has 0 aliphatic carbocycles. The third kappa shape index (κ3) is 1.34. The van der Waals surface area contributed by atoms with Gasteiger partial charge >= 0.3 is 104 Å². The molecule has 1 heteroatoms. The Hall–Kier alpha value is 0.0114. The molecule has 0 unspecified atom stereocenters. The van der Waals surface area contributed by atoms with Gasteiger partial charge < -0.3 is 0 Å². The zero-order valence-corrected chi connectivity index (χ0v) is 13.9. The molecule has 1 aliphatic heterocycles. The molecule has 1 heterocycles. The second kappa shape index (κ2) is 3.30. The normalized spacial score (nSPS) is 13.5. The first-order chi connectivity index (χ1) is 6.45. The molecule has 0 spiro atoms. The summed E-state index contributed by atoms with van der Waals surface area (Å²) in [6.45, 7) is 0. The first-order valence-corrected chi connectivity index (χ1v) is 11.7. The van der Waals surface area contributed by atoms with E-state index in [1.54, 1.807) is 5.42 Å². The quantitative estimate of drug-likeness (QED) is 0.650. The van der Waals surface area contributed by atoms with Crippen molar-refractivity contribution < 1.29 is 0 Å². The minimum atomic E-state index is -0.970. The summed E-state index contributed by atoms with van der Waals surface area (Å²) in [4.78, 5) is 0. The van der Waals surface area contributed by atoms with Crippen molar-refractivity contribution in [3.8, 4) is 0 Å². The van der Waals surface area contributed by atoms with Crippen LogP contribution in [0.4, 0.5) is 0 Å². The summed E-state index contributed by atoms with van der Waals surface area (Å²) in [7, 11) is 0. The van der Waals surface area contributed by atoms with Gasteiger partial charge in [0.05, 0.1) is 0 Å². The first kappa shape index (κ1) is 8.33. The van der Waals surface area contributed by atoms with E-state index >= 15 is 0 Å². The Morgan fingerprint density at radius 3 is 2.69 bits per heavy atom. The minimum absolute atomic E-state index is 0.970. The average molecular weight is 291 g/mol. The maximum atomic E-state index is 2.47. The third-order valence-electron chi connectivity index (χ3n) is 2.97. The molecule has 0 N–H and O–H groups in total. The van der Waals surface area contributed by atoms with Crippen LogP contribution >= 0.6 is 0 Å². The maximum absolute atomic E-state index is 2.47. The Bertz CT molecular complexity index is 492.